The van der Waals surface area contributed by atoms with E-state index in [4.69, 9.17) is 4.74 Å². The number of anilines is 1. The average Bonchev–Trinajstić information content (AvgIpc) is 2.67. The third-order valence-corrected chi connectivity index (χ3v) is 2.27. The molecule has 1 atom stereocenters. The van der Waals surface area contributed by atoms with E-state index in [1.54, 1.807) is 0 Å². The maximum Gasteiger partial charge on any atom is 0.252 e. The van der Waals surface area contributed by atoms with Crippen LogP contribution >= 0.6 is 0 Å². The number of ether oxygens (including phenoxy) is 1. The fraction of sp³-hybridized carbons (Fsp3) is 0.556. The number of nitrogens with zero attached hydrogens (tertiary/aromatic N) is 1. The number of H-pyrrole nitrogens is 1. The molecule has 0 bridgehead atoms. The van der Waals surface area contributed by atoms with Gasteiger partial charge in [0.2, 0.25) is 0 Å². The highest BCUT2D eigenvalue weighted by atomic mass is 16.5. The molecular formula is C9H13N3O2. The molecule has 0 saturated carbocycles. The van der Waals surface area contributed by atoms with Crippen molar-refractivity contribution in [2.24, 2.45) is 5.92 Å². The van der Waals surface area contributed by atoms with Crippen LogP contribution in [0.2, 0.25) is 0 Å². The summed E-state index contributed by atoms with van der Waals surface area (Å²) in [4.78, 5) is 17.4. The number of rotatable bonds is 3. The standard InChI is InChI=1S/C9H13N3O2/c13-9-3-8(11-6-12-9)10-4-7-1-2-14-5-7/h3,6-7H,1-2,4-5H2,(H2,10,11,12,13). The molecule has 0 radical (unpaired) electrons. The molecule has 0 amide bonds. The molecule has 2 rings (SSSR count). The fourth-order valence-electron chi connectivity index (χ4n) is 1.46. The lowest BCUT2D eigenvalue weighted by Crippen LogP contribution is -2.16. The predicted molar refractivity (Wildman–Crippen MR) is 52.3 cm³/mol. The Morgan fingerprint density at radius 3 is 3.36 bits per heavy atom. The number of aromatic amines is 1. The van der Waals surface area contributed by atoms with Gasteiger partial charge in [0.15, 0.2) is 0 Å². The van der Waals surface area contributed by atoms with Crippen molar-refractivity contribution in [2.75, 3.05) is 25.1 Å². The highest BCUT2D eigenvalue weighted by Crippen LogP contribution is 2.12. The Morgan fingerprint density at radius 1 is 1.71 bits per heavy atom. The van der Waals surface area contributed by atoms with Crippen LogP contribution < -0.4 is 10.9 Å². The van der Waals surface area contributed by atoms with Gasteiger partial charge in [0.05, 0.1) is 12.9 Å². The molecule has 2 heterocycles. The summed E-state index contributed by atoms with van der Waals surface area (Å²) in [7, 11) is 0. The van der Waals surface area contributed by atoms with Crippen molar-refractivity contribution in [2.45, 2.75) is 6.42 Å². The zero-order valence-corrected chi connectivity index (χ0v) is 7.82. The minimum absolute atomic E-state index is 0.134. The summed E-state index contributed by atoms with van der Waals surface area (Å²) in [6.45, 7) is 2.46. The molecule has 1 unspecified atom stereocenters. The molecule has 0 aromatic carbocycles. The van der Waals surface area contributed by atoms with Gasteiger partial charge in [0.25, 0.3) is 5.56 Å². The van der Waals surface area contributed by atoms with E-state index in [1.807, 2.05) is 0 Å². The summed E-state index contributed by atoms with van der Waals surface area (Å²) in [5.41, 5.74) is -0.134. The molecule has 1 aliphatic rings. The second kappa shape index (κ2) is 4.23. The predicted octanol–water partition coefficient (Wildman–Crippen LogP) is 0.218. The van der Waals surface area contributed by atoms with Crippen LogP contribution in [-0.2, 0) is 4.74 Å². The number of hydrogen-bond acceptors (Lipinski definition) is 4. The highest BCUT2D eigenvalue weighted by molar-refractivity contribution is 5.31. The lowest BCUT2D eigenvalue weighted by Gasteiger charge is -2.08. The van der Waals surface area contributed by atoms with Crippen LogP contribution in [0.3, 0.4) is 0 Å². The van der Waals surface area contributed by atoms with Crippen molar-refractivity contribution >= 4 is 5.82 Å². The lowest BCUT2D eigenvalue weighted by atomic mass is 10.1. The van der Waals surface area contributed by atoms with Crippen LogP contribution in [0.4, 0.5) is 5.82 Å². The summed E-state index contributed by atoms with van der Waals surface area (Å²) in [5, 5.41) is 3.12. The molecule has 1 saturated heterocycles. The topological polar surface area (TPSA) is 67.0 Å². The molecule has 1 aromatic rings. The van der Waals surface area contributed by atoms with E-state index in [1.165, 1.54) is 12.4 Å². The van der Waals surface area contributed by atoms with E-state index >= 15 is 0 Å². The van der Waals surface area contributed by atoms with Crippen LogP contribution in [0.1, 0.15) is 6.42 Å². The van der Waals surface area contributed by atoms with Crippen LogP contribution in [0, 0.1) is 5.92 Å². The quantitative estimate of drug-likeness (QED) is 0.724. The molecule has 2 N–H and O–H groups in total. The molecule has 0 aliphatic carbocycles. The van der Waals surface area contributed by atoms with Gasteiger partial charge in [0.1, 0.15) is 5.82 Å². The first kappa shape index (κ1) is 9.21. The molecule has 1 aliphatic heterocycles. The van der Waals surface area contributed by atoms with Gasteiger partial charge >= 0.3 is 0 Å². The molecular weight excluding hydrogens is 182 g/mol. The van der Waals surface area contributed by atoms with E-state index in [9.17, 15) is 4.79 Å². The van der Waals surface area contributed by atoms with Crippen molar-refractivity contribution in [3.63, 3.8) is 0 Å². The summed E-state index contributed by atoms with van der Waals surface area (Å²) >= 11 is 0. The van der Waals surface area contributed by atoms with Gasteiger partial charge in [-0.1, -0.05) is 0 Å². The highest BCUT2D eigenvalue weighted by Gasteiger charge is 2.14. The molecule has 1 aromatic heterocycles. The van der Waals surface area contributed by atoms with Gasteiger partial charge in [0, 0.05) is 25.1 Å². The lowest BCUT2D eigenvalue weighted by molar-refractivity contribution is 0.187. The van der Waals surface area contributed by atoms with E-state index in [2.05, 4.69) is 15.3 Å². The minimum Gasteiger partial charge on any atom is -0.381 e. The molecule has 0 spiro atoms. The van der Waals surface area contributed by atoms with Crippen LogP contribution in [0.25, 0.3) is 0 Å². The Hall–Kier alpha value is -1.36. The smallest absolute Gasteiger partial charge is 0.252 e. The van der Waals surface area contributed by atoms with Crippen molar-refractivity contribution in [3.8, 4) is 0 Å². The summed E-state index contributed by atoms with van der Waals surface area (Å²) in [6.07, 6.45) is 2.48. The second-order valence-corrected chi connectivity index (χ2v) is 3.41. The van der Waals surface area contributed by atoms with Crippen molar-refractivity contribution < 1.29 is 4.74 Å². The zero-order chi connectivity index (χ0) is 9.80. The molecule has 14 heavy (non-hydrogen) atoms. The van der Waals surface area contributed by atoms with Crippen molar-refractivity contribution in [1.82, 2.24) is 9.97 Å². The molecule has 76 valence electrons. The van der Waals surface area contributed by atoms with E-state index in [-0.39, 0.29) is 5.56 Å². The molecule has 5 heteroatoms. The van der Waals surface area contributed by atoms with E-state index in [0.29, 0.717) is 11.7 Å². The maximum absolute atomic E-state index is 10.9. The second-order valence-electron chi connectivity index (χ2n) is 3.41. The first-order valence-electron chi connectivity index (χ1n) is 4.71. The zero-order valence-electron chi connectivity index (χ0n) is 7.82. The Labute approximate surface area is 81.5 Å². The van der Waals surface area contributed by atoms with Crippen LogP contribution in [0.5, 0.6) is 0 Å². The van der Waals surface area contributed by atoms with Gasteiger partial charge < -0.3 is 15.0 Å². The average molecular weight is 195 g/mol. The Balaban J connectivity index is 1.88. The van der Waals surface area contributed by atoms with Gasteiger partial charge in [-0.3, -0.25) is 4.79 Å². The SMILES string of the molecule is O=c1cc(NCC2CCOC2)nc[nH]1. The fourth-order valence-corrected chi connectivity index (χ4v) is 1.46. The van der Waals surface area contributed by atoms with Crippen LogP contribution in [-0.4, -0.2) is 29.7 Å². The minimum atomic E-state index is -0.134. The van der Waals surface area contributed by atoms with Crippen molar-refractivity contribution in [1.29, 1.82) is 0 Å². The number of aromatic nitrogens is 2. The first-order valence-corrected chi connectivity index (χ1v) is 4.71. The van der Waals surface area contributed by atoms with Gasteiger partial charge in [-0.25, -0.2) is 4.98 Å². The molecule has 1 fully saturated rings. The third kappa shape index (κ3) is 2.32. The normalized spacial score (nSPS) is 21.0. The maximum atomic E-state index is 10.9. The Kier molecular flexibility index (Phi) is 2.78. The van der Waals surface area contributed by atoms with Gasteiger partial charge in [-0.2, -0.15) is 0 Å². The van der Waals surface area contributed by atoms with Crippen molar-refractivity contribution in [3.05, 3.63) is 22.7 Å². The number of hydrogen-bond donors (Lipinski definition) is 2. The summed E-state index contributed by atoms with van der Waals surface area (Å²) in [5.74, 6) is 1.16. The summed E-state index contributed by atoms with van der Waals surface area (Å²) in [6, 6.07) is 1.45. The Bertz CT molecular complexity index is 344. The van der Waals surface area contributed by atoms with E-state index < -0.39 is 0 Å². The third-order valence-electron chi connectivity index (χ3n) is 2.27. The van der Waals surface area contributed by atoms with Gasteiger partial charge in [-0.05, 0) is 6.42 Å². The largest absolute Gasteiger partial charge is 0.381 e. The first-order chi connectivity index (χ1) is 6.84. The summed E-state index contributed by atoms with van der Waals surface area (Å²) < 4.78 is 5.24. The Morgan fingerprint density at radius 2 is 2.64 bits per heavy atom. The van der Waals surface area contributed by atoms with E-state index in [0.717, 1.165) is 26.2 Å². The monoisotopic (exact) mass is 195 g/mol. The molecule has 5 nitrogen and oxygen atoms in total. The van der Waals surface area contributed by atoms with Crippen LogP contribution in [0.15, 0.2) is 17.2 Å². The van der Waals surface area contributed by atoms with Gasteiger partial charge in [-0.15, -0.1) is 0 Å². The number of nitrogens with one attached hydrogen (secondary N) is 2.